The van der Waals surface area contributed by atoms with Gasteiger partial charge in [-0.1, -0.05) is 42.1 Å². The highest BCUT2D eigenvalue weighted by molar-refractivity contribution is 7.98. The first-order valence-corrected chi connectivity index (χ1v) is 9.98. The molecule has 0 saturated carbocycles. The van der Waals surface area contributed by atoms with Gasteiger partial charge in [-0.05, 0) is 43.9 Å². The van der Waals surface area contributed by atoms with Crippen molar-refractivity contribution >= 4 is 18.0 Å². The van der Waals surface area contributed by atoms with E-state index >= 15 is 0 Å². The SMILES string of the molecule is CCOc1ccc(/C=N\n2c(SC)nnc2-c2ccccc2)cc1OCC. The second-order valence-electron chi connectivity index (χ2n) is 5.50. The van der Waals surface area contributed by atoms with Crippen LogP contribution in [0.5, 0.6) is 11.5 Å². The molecule has 0 aliphatic carbocycles. The lowest BCUT2D eigenvalue weighted by molar-refractivity contribution is 0.288. The molecule has 140 valence electrons. The molecule has 0 spiro atoms. The molecule has 0 unspecified atom stereocenters. The van der Waals surface area contributed by atoms with Gasteiger partial charge in [0, 0.05) is 5.56 Å². The minimum absolute atomic E-state index is 0.570. The van der Waals surface area contributed by atoms with Crippen LogP contribution in [0.2, 0.25) is 0 Å². The maximum atomic E-state index is 5.68. The number of thioether (sulfide) groups is 1. The van der Waals surface area contributed by atoms with Crippen molar-refractivity contribution in [2.45, 2.75) is 19.0 Å². The lowest BCUT2D eigenvalue weighted by Crippen LogP contribution is -2.00. The minimum atomic E-state index is 0.570. The van der Waals surface area contributed by atoms with E-state index in [1.54, 1.807) is 10.9 Å². The Labute approximate surface area is 163 Å². The molecular weight excluding hydrogens is 360 g/mol. The largest absolute Gasteiger partial charge is 0.490 e. The highest BCUT2D eigenvalue weighted by Gasteiger charge is 2.12. The summed E-state index contributed by atoms with van der Waals surface area (Å²) >= 11 is 1.50. The Balaban J connectivity index is 1.94. The fourth-order valence-electron chi connectivity index (χ4n) is 2.54. The highest BCUT2D eigenvalue weighted by atomic mass is 32.2. The number of ether oxygens (including phenoxy) is 2. The summed E-state index contributed by atoms with van der Waals surface area (Å²) in [7, 11) is 0. The van der Waals surface area contributed by atoms with Crippen LogP contribution in [-0.2, 0) is 0 Å². The molecule has 0 N–H and O–H groups in total. The van der Waals surface area contributed by atoms with E-state index in [9.17, 15) is 0 Å². The number of benzene rings is 2. The summed E-state index contributed by atoms with van der Waals surface area (Å²) in [5, 5.41) is 13.8. The Morgan fingerprint density at radius 1 is 1.00 bits per heavy atom. The van der Waals surface area contributed by atoms with E-state index in [0.29, 0.717) is 24.8 Å². The maximum Gasteiger partial charge on any atom is 0.212 e. The lowest BCUT2D eigenvalue weighted by atomic mass is 10.2. The number of nitrogens with zero attached hydrogens (tertiary/aromatic N) is 4. The fourth-order valence-corrected chi connectivity index (χ4v) is 2.97. The number of hydrogen-bond donors (Lipinski definition) is 0. The summed E-state index contributed by atoms with van der Waals surface area (Å²) in [4.78, 5) is 0. The van der Waals surface area contributed by atoms with Crippen molar-refractivity contribution in [3.63, 3.8) is 0 Å². The van der Waals surface area contributed by atoms with Crippen LogP contribution in [0, 0.1) is 0 Å². The zero-order chi connectivity index (χ0) is 19.1. The molecule has 6 nitrogen and oxygen atoms in total. The molecule has 0 bridgehead atoms. The fraction of sp³-hybridized carbons (Fsp3) is 0.250. The average molecular weight is 382 g/mol. The summed E-state index contributed by atoms with van der Waals surface area (Å²) in [5.41, 5.74) is 1.87. The summed E-state index contributed by atoms with van der Waals surface area (Å²) in [6, 6.07) is 15.7. The predicted octanol–water partition coefficient (Wildman–Crippen LogP) is 4.35. The molecule has 1 heterocycles. The van der Waals surface area contributed by atoms with Crippen molar-refractivity contribution in [1.82, 2.24) is 14.9 Å². The van der Waals surface area contributed by atoms with Gasteiger partial charge in [-0.25, -0.2) is 0 Å². The number of rotatable bonds is 8. The highest BCUT2D eigenvalue weighted by Crippen LogP contribution is 2.28. The Hall–Kier alpha value is -2.80. The van der Waals surface area contributed by atoms with Gasteiger partial charge in [0.15, 0.2) is 17.3 Å². The van der Waals surface area contributed by atoms with E-state index in [0.717, 1.165) is 22.0 Å². The Kier molecular flexibility index (Phi) is 6.49. The summed E-state index contributed by atoms with van der Waals surface area (Å²) in [5.74, 6) is 2.14. The summed E-state index contributed by atoms with van der Waals surface area (Å²) in [6.45, 7) is 5.06. The van der Waals surface area contributed by atoms with E-state index in [1.165, 1.54) is 11.8 Å². The van der Waals surface area contributed by atoms with Gasteiger partial charge >= 0.3 is 0 Å². The molecule has 1 aromatic heterocycles. The van der Waals surface area contributed by atoms with Gasteiger partial charge in [0.25, 0.3) is 0 Å². The van der Waals surface area contributed by atoms with E-state index in [2.05, 4.69) is 15.3 Å². The van der Waals surface area contributed by atoms with Crippen LogP contribution in [-0.4, -0.2) is 40.6 Å². The number of aromatic nitrogens is 3. The summed E-state index contributed by atoms with van der Waals surface area (Å²) < 4.78 is 13.0. The lowest BCUT2D eigenvalue weighted by Gasteiger charge is -2.11. The third kappa shape index (κ3) is 4.49. The van der Waals surface area contributed by atoms with E-state index in [4.69, 9.17) is 9.47 Å². The monoisotopic (exact) mass is 382 g/mol. The zero-order valence-corrected chi connectivity index (χ0v) is 16.4. The van der Waals surface area contributed by atoms with E-state index < -0.39 is 0 Å². The molecule has 27 heavy (non-hydrogen) atoms. The third-order valence-electron chi connectivity index (χ3n) is 3.72. The molecule has 0 saturated heterocycles. The maximum absolute atomic E-state index is 5.68. The first-order valence-electron chi connectivity index (χ1n) is 8.75. The molecule has 3 rings (SSSR count). The van der Waals surface area contributed by atoms with E-state index in [-0.39, 0.29) is 0 Å². The van der Waals surface area contributed by atoms with Crippen molar-refractivity contribution in [1.29, 1.82) is 0 Å². The Morgan fingerprint density at radius 2 is 1.74 bits per heavy atom. The van der Waals surface area contributed by atoms with Gasteiger partial charge in [0.1, 0.15) is 0 Å². The van der Waals surface area contributed by atoms with Crippen LogP contribution in [0.15, 0.2) is 58.8 Å². The van der Waals surface area contributed by atoms with Crippen molar-refractivity contribution < 1.29 is 9.47 Å². The molecule has 3 aromatic rings. The van der Waals surface area contributed by atoms with Gasteiger partial charge in [-0.2, -0.15) is 9.78 Å². The molecule has 0 aliphatic heterocycles. The Bertz CT molecular complexity index is 910. The first-order chi connectivity index (χ1) is 13.3. The molecule has 2 aromatic carbocycles. The normalized spacial score (nSPS) is 11.1. The number of hydrogen-bond acceptors (Lipinski definition) is 6. The predicted molar refractivity (Wildman–Crippen MR) is 109 cm³/mol. The third-order valence-corrected chi connectivity index (χ3v) is 4.34. The standard InChI is InChI=1S/C20H22N4O2S/c1-4-25-17-12-11-15(13-18(17)26-5-2)14-21-24-19(22-23-20(24)27-3)16-9-7-6-8-10-16/h6-14H,4-5H2,1-3H3/b21-14-. The first kappa shape index (κ1) is 19.0. The Morgan fingerprint density at radius 3 is 2.44 bits per heavy atom. The van der Waals surface area contributed by atoms with Crippen LogP contribution in [0.3, 0.4) is 0 Å². The van der Waals surface area contributed by atoms with Crippen LogP contribution >= 0.6 is 11.8 Å². The van der Waals surface area contributed by atoms with Crippen molar-refractivity contribution in [2.75, 3.05) is 19.5 Å². The molecule has 7 heteroatoms. The smallest absolute Gasteiger partial charge is 0.212 e. The molecule has 0 amide bonds. The van der Waals surface area contributed by atoms with Gasteiger partial charge in [-0.3, -0.25) is 0 Å². The average Bonchev–Trinajstić information content (AvgIpc) is 3.12. The van der Waals surface area contributed by atoms with Crippen molar-refractivity contribution in [3.05, 3.63) is 54.1 Å². The van der Waals surface area contributed by atoms with Crippen LogP contribution in [0.1, 0.15) is 19.4 Å². The topological polar surface area (TPSA) is 61.5 Å². The molecule has 0 radical (unpaired) electrons. The van der Waals surface area contributed by atoms with Gasteiger partial charge in [0.05, 0.1) is 19.4 Å². The molecule has 0 aliphatic rings. The zero-order valence-electron chi connectivity index (χ0n) is 15.6. The van der Waals surface area contributed by atoms with Gasteiger partial charge in [-0.15, -0.1) is 10.2 Å². The molecular formula is C20H22N4O2S. The van der Waals surface area contributed by atoms with Gasteiger partial charge in [0.2, 0.25) is 5.16 Å². The van der Waals surface area contributed by atoms with E-state index in [1.807, 2.05) is 68.6 Å². The minimum Gasteiger partial charge on any atom is -0.490 e. The van der Waals surface area contributed by atoms with Crippen LogP contribution in [0.25, 0.3) is 11.4 Å². The van der Waals surface area contributed by atoms with Crippen molar-refractivity contribution in [3.8, 4) is 22.9 Å². The molecule has 0 fully saturated rings. The molecule has 0 atom stereocenters. The second kappa shape index (κ2) is 9.23. The summed E-state index contributed by atoms with van der Waals surface area (Å²) in [6.07, 6.45) is 3.72. The van der Waals surface area contributed by atoms with Crippen LogP contribution in [0.4, 0.5) is 0 Å². The van der Waals surface area contributed by atoms with Gasteiger partial charge < -0.3 is 9.47 Å². The second-order valence-corrected chi connectivity index (χ2v) is 6.28. The van der Waals surface area contributed by atoms with Crippen molar-refractivity contribution in [2.24, 2.45) is 5.10 Å². The van der Waals surface area contributed by atoms with Crippen LogP contribution < -0.4 is 9.47 Å². The quantitative estimate of drug-likeness (QED) is 0.428.